The summed E-state index contributed by atoms with van der Waals surface area (Å²) in [5.74, 6) is -0.310. The minimum atomic E-state index is -0.315. The molecule has 1 aromatic carbocycles. The SMILES string of the molecule is CC(=O)Nc1cc(C(=O)CSc2ncnc3sccc23)ccc1O. The maximum Gasteiger partial charge on any atom is 0.221 e. The summed E-state index contributed by atoms with van der Waals surface area (Å²) in [4.78, 5) is 32.8. The molecule has 0 saturated heterocycles. The number of thiophene rings is 1. The number of carbonyl (C=O) groups is 2. The average Bonchev–Trinajstić information content (AvgIpc) is 3.03. The summed E-state index contributed by atoms with van der Waals surface area (Å²) in [5, 5.41) is 15.8. The molecule has 0 spiro atoms. The first-order chi connectivity index (χ1) is 11.5. The second-order valence-corrected chi connectivity index (χ2v) is 6.80. The molecule has 2 aromatic heterocycles. The normalized spacial score (nSPS) is 10.7. The highest BCUT2D eigenvalue weighted by Crippen LogP contribution is 2.29. The number of carbonyl (C=O) groups excluding carboxylic acids is 2. The van der Waals surface area contributed by atoms with Crippen LogP contribution in [-0.2, 0) is 4.79 Å². The summed E-state index contributed by atoms with van der Waals surface area (Å²) in [6.07, 6.45) is 1.49. The number of aromatic hydroxyl groups is 1. The van der Waals surface area contributed by atoms with E-state index in [2.05, 4.69) is 15.3 Å². The van der Waals surface area contributed by atoms with Crippen molar-refractivity contribution >= 4 is 50.7 Å². The molecule has 8 heteroatoms. The van der Waals surface area contributed by atoms with Crippen LogP contribution in [0.3, 0.4) is 0 Å². The van der Waals surface area contributed by atoms with Crippen molar-refractivity contribution in [1.29, 1.82) is 0 Å². The van der Waals surface area contributed by atoms with E-state index in [1.54, 1.807) is 0 Å². The second-order valence-electron chi connectivity index (χ2n) is 4.94. The first-order valence-electron chi connectivity index (χ1n) is 6.99. The largest absolute Gasteiger partial charge is 0.506 e. The van der Waals surface area contributed by atoms with Crippen LogP contribution in [-0.4, -0.2) is 32.5 Å². The monoisotopic (exact) mass is 359 g/mol. The fourth-order valence-electron chi connectivity index (χ4n) is 2.10. The summed E-state index contributed by atoms with van der Waals surface area (Å²) in [6.45, 7) is 1.34. The van der Waals surface area contributed by atoms with E-state index in [1.165, 1.54) is 54.5 Å². The Bertz CT molecular complexity index is 924. The summed E-state index contributed by atoms with van der Waals surface area (Å²) in [7, 11) is 0. The molecule has 0 aliphatic rings. The Morgan fingerprint density at radius 2 is 2.12 bits per heavy atom. The Morgan fingerprint density at radius 1 is 1.29 bits per heavy atom. The summed E-state index contributed by atoms with van der Waals surface area (Å²) in [5.41, 5.74) is 0.639. The molecule has 24 heavy (non-hydrogen) atoms. The third-order valence-corrected chi connectivity index (χ3v) is 5.02. The van der Waals surface area contributed by atoms with Crippen molar-refractivity contribution in [3.8, 4) is 5.75 Å². The zero-order chi connectivity index (χ0) is 17.1. The van der Waals surface area contributed by atoms with Crippen molar-refractivity contribution < 1.29 is 14.7 Å². The zero-order valence-electron chi connectivity index (χ0n) is 12.6. The second kappa shape index (κ2) is 6.98. The number of Topliss-reactive ketones (excluding diaryl/α,β-unsaturated/α-hetero) is 1. The van der Waals surface area contributed by atoms with Crippen LogP contribution in [0.25, 0.3) is 10.2 Å². The van der Waals surface area contributed by atoms with Crippen LogP contribution in [0.4, 0.5) is 5.69 Å². The predicted molar refractivity (Wildman–Crippen MR) is 94.9 cm³/mol. The molecule has 3 rings (SSSR count). The van der Waals surface area contributed by atoms with Gasteiger partial charge in [0.15, 0.2) is 5.78 Å². The molecular weight excluding hydrogens is 346 g/mol. The molecule has 2 N–H and O–H groups in total. The number of aromatic nitrogens is 2. The van der Waals surface area contributed by atoms with Crippen LogP contribution in [0.1, 0.15) is 17.3 Å². The van der Waals surface area contributed by atoms with Crippen LogP contribution in [0.5, 0.6) is 5.75 Å². The number of ketones is 1. The van der Waals surface area contributed by atoms with E-state index in [1.807, 2.05) is 11.4 Å². The number of amides is 1. The van der Waals surface area contributed by atoms with Gasteiger partial charge in [-0.05, 0) is 29.6 Å². The van der Waals surface area contributed by atoms with Crippen molar-refractivity contribution in [2.24, 2.45) is 0 Å². The quantitative estimate of drug-likeness (QED) is 0.314. The van der Waals surface area contributed by atoms with Crippen LogP contribution >= 0.6 is 23.1 Å². The Balaban J connectivity index is 1.75. The van der Waals surface area contributed by atoms with E-state index in [4.69, 9.17) is 0 Å². The van der Waals surface area contributed by atoms with E-state index in [0.29, 0.717) is 5.56 Å². The maximum atomic E-state index is 12.4. The summed E-state index contributed by atoms with van der Waals surface area (Å²) < 4.78 is 0. The Hall–Kier alpha value is -2.45. The highest BCUT2D eigenvalue weighted by molar-refractivity contribution is 8.00. The summed E-state index contributed by atoms with van der Waals surface area (Å²) in [6, 6.07) is 6.33. The molecule has 0 fully saturated rings. The van der Waals surface area contributed by atoms with Gasteiger partial charge in [0.1, 0.15) is 21.9 Å². The lowest BCUT2D eigenvalue weighted by molar-refractivity contribution is -0.114. The third-order valence-electron chi connectivity index (χ3n) is 3.19. The van der Waals surface area contributed by atoms with Crippen LogP contribution in [0.15, 0.2) is 41.0 Å². The van der Waals surface area contributed by atoms with Crippen LogP contribution < -0.4 is 5.32 Å². The van der Waals surface area contributed by atoms with Crippen molar-refractivity contribution in [2.75, 3.05) is 11.1 Å². The van der Waals surface area contributed by atoms with Gasteiger partial charge in [-0.25, -0.2) is 9.97 Å². The van der Waals surface area contributed by atoms with Gasteiger partial charge in [0, 0.05) is 17.9 Å². The minimum Gasteiger partial charge on any atom is -0.506 e. The van der Waals surface area contributed by atoms with Gasteiger partial charge in [-0.3, -0.25) is 9.59 Å². The van der Waals surface area contributed by atoms with Gasteiger partial charge in [-0.2, -0.15) is 0 Å². The van der Waals surface area contributed by atoms with Gasteiger partial charge in [0.25, 0.3) is 0 Å². The standard InChI is InChI=1S/C16H13N3O3S2/c1-9(20)19-12-6-10(2-3-13(12)21)14(22)7-24-16-11-4-5-23-15(11)17-8-18-16/h2-6,8,21H,7H2,1H3,(H,19,20). The average molecular weight is 359 g/mol. The van der Waals surface area contributed by atoms with Crippen molar-refractivity contribution in [2.45, 2.75) is 11.9 Å². The molecule has 0 aliphatic carbocycles. The highest BCUT2D eigenvalue weighted by Gasteiger charge is 2.13. The topological polar surface area (TPSA) is 92.2 Å². The van der Waals surface area contributed by atoms with E-state index < -0.39 is 0 Å². The van der Waals surface area contributed by atoms with Gasteiger partial charge in [-0.1, -0.05) is 11.8 Å². The summed E-state index contributed by atoms with van der Waals surface area (Å²) >= 11 is 2.86. The molecule has 0 atom stereocenters. The van der Waals surface area contributed by atoms with Crippen LogP contribution in [0.2, 0.25) is 0 Å². The number of phenols is 1. The predicted octanol–water partition coefficient (Wildman–Crippen LogP) is 3.33. The first-order valence-corrected chi connectivity index (χ1v) is 8.86. The smallest absolute Gasteiger partial charge is 0.221 e. The molecule has 0 radical (unpaired) electrons. The molecule has 1 amide bonds. The van der Waals surface area contributed by atoms with Gasteiger partial charge >= 0.3 is 0 Å². The number of hydrogen-bond acceptors (Lipinski definition) is 7. The molecule has 0 saturated carbocycles. The number of nitrogens with one attached hydrogen (secondary N) is 1. The number of phenolic OH excluding ortho intramolecular Hbond substituents is 1. The fraction of sp³-hybridized carbons (Fsp3) is 0.125. The van der Waals surface area contributed by atoms with Gasteiger partial charge in [0.05, 0.1) is 11.4 Å². The number of benzene rings is 1. The number of thioether (sulfide) groups is 1. The Kier molecular flexibility index (Phi) is 4.77. The lowest BCUT2D eigenvalue weighted by atomic mass is 10.1. The van der Waals surface area contributed by atoms with E-state index >= 15 is 0 Å². The number of fused-ring (bicyclic) bond motifs is 1. The zero-order valence-corrected chi connectivity index (χ0v) is 14.3. The lowest BCUT2D eigenvalue weighted by Gasteiger charge is -2.07. The molecule has 2 heterocycles. The Labute approximate surface area is 145 Å². The van der Waals surface area contributed by atoms with E-state index in [0.717, 1.165) is 15.2 Å². The maximum absolute atomic E-state index is 12.4. The number of hydrogen-bond donors (Lipinski definition) is 2. The van der Waals surface area contributed by atoms with Gasteiger partial charge < -0.3 is 10.4 Å². The molecule has 0 bridgehead atoms. The highest BCUT2D eigenvalue weighted by atomic mass is 32.2. The van der Waals surface area contributed by atoms with Gasteiger partial charge in [-0.15, -0.1) is 11.3 Å². The van der Waals surface area contributed by atoms with Crippen molar-refractivity contribution in [3.05, 3.63) is 41.5 Å². The molecule has 0 aliphatic heterocycles. The fourth-order valence-corrected chi connectivity index (χ4v) is 3.77. The molecular formula is C16H13N3O3S2. The number of nitrogens with zero attached hydrogens (tertiary/aromatic N) is 2. The molecule has 122 valence electrons. The molecule has 6 nitrogen and oxygen atoms in total. The van der Waals surface area contributed by atoms with Gasteiger partial charge in [0.2, 0.25) is 5.91 Å². The number of rotatable bonds is 5. The minimum absolute atomic E-state index is 0.0785. The molecule has 3 aromatic rings. The van der Waals surface area contributed by atoms with E-state index in [-0.39, 0.29) is 28.9 Å². The Morgan fingerprint density at radius 3 is 2.92 bits per heavy atom. The van der Waals surface area contributed by atoms with Crippen molar-refractivity contribution in [3.63, 3.8) is 0 Å². The first kappa shape index (κ1) is 16.4. The van der Waals surface area contributed by atoms with Crippen LogP contribution in [0, 0.1) is 0 Å². The molecule has 0 unspecified atom stereocenters. The lowest BCUT2D eigenvalue weighted by Crippen LogP contribution is -2.08. The third kappa shape index (κ3) is 3.55. The van der Waals surface area contributed by atoms with Crippen molar-refractivity contribution in [1.82, 2.24) is 9.97 Å². The number of anilines is 1. The van der Waals surface area contributed by atoms with E-state index in [9.17, 15) is 14.7 Å².